The number of nitrogen functional groups attached to an aromatic ring is 1. The van der Waals surface area contributed by atoms with Gasteiger partial charge in [0.05, 0.1) is 0 Å². The van der Waals surface area contributed by atoms with Crippen LogP contribution >= 0.6 is 23.1 Å². The van der Waals surface area contributed by atoms with E-state index in [0.29, 0.717) is 0 Å². The van der Waals surface area contributed by atoms with Gasteiger partial charge >= 0.3 is 5.97 Å². The van der Waals surface area contributed by atoms with Gasteiger partial charge in [-0.15, -0.1) is 23.1 Å². The number of oxime groups is 1. The number of carboxylic acids is 1. The lowest BCUT2D eigenvalue weighted by molar-refractivity contribution is -0.150. The van der Waals surface area contributed by atoms with E-state index in [4.69, 9.17) is 10.6 Å². The second-order valence-corrected chi connectivity index (χ2v) is 8.23. The number of rotatable bonds is 7. The third-order valence-corrected chi connectivity index (χ3v) is 5.88. The van der Waals surface area contributed by atoms with Gasteiger partial charge in [-0.1, -0.05) is 17.8 Å². The number of carbonyl (C=O) groups is 3. The van der Waals surface area contributed by atoms with Crippen LogP contribution in [0.25, 0.3) is 0 Å². The molecule has 1 aromatic heterocycles. The minimum absolute atomic E-state index is 0.0787. The molecule has 0 saturated carbocycles. The number of hydrogen-bond donors (Lipinski definition) is 3. The summed E-state index contributed by atoms with van der Waals surface area (Å²) in [5.74, 6) is -2.36. The maximum atomic E-state index is 12.7. The highest BCUT2D eigenvalue weighted by Crippen LogP contribution is 2.40. The van der Waals surface area contributed by atoms with Crippen molar-refractivity contribution in [3.63, 3.8) is 0 Å². The minimum atomic E-state index is -1.19. The van der Waals surface area contributed by atoms with Crippen molar-refractivity contribution < 1.29 is 24.3 Å². The molecule has 4 N–H and O–H groups in total. The summed E-state index contributed by atoms with van der Waals surface area (Å²) >= 11 is 2.51. The van der Waals surface area contributed by atoms with Gasteiger partial charge in [-0.25, -0.2) is 9.78 Å². The molecular formula is C16H17N5O5S2. The first kappa shape index (κ1) is 19.9. The fourth-order valence-corrected chi connectivity index (χ4v) is 4.57. The molecule has 0 bridgehead atoms. The Hall–Kier alpha value is -2.86. The molecular weight excluding hydrogens is 406 g/mol. The molecule has 0 aliphatic carbocycles. The van der Waals surface area contributed by atoms with Crippen molar-refractivity contribution in [1.29, 1.82) is 0 Å². The van der Waals surface area contributed by atoms with Crippen LogP contribution in [0.5, 0.6) is 0 Å². The van der Waals surface area contributed by atoms with Gasteiger partial charge < -0.3 is 21.0 Å². The van der Waals surface area contributed by atoms with E-state index in [2.05, 4.69) is 22.0 Å². The standard InChI is InChI=1S/C16H17N5O5S2/c1-3-4-26-20-10(8-6-27-16(17)18-8)12(22)19-11-13(23)21-9(15(24)25)5-7(2)28-14(11)21/h3,5-7,11,14H,1,4H2,2H3,(H2,17,18)(H,19,22)(H,24,25)/b20-10+/t7?,11?,14-/m1/s1. The molecule has 28 heavy (non-hydrogen) atoms. The Balaban J connectivity index is 1.78. The van der Waals surface area contributed by atoms with Gasteiger partial charge in [-0.3, -0.25) is 14.5 Å². The monoisotopic (exact) mass is 423 g/mol. The number of anilines is 1. The number of nitrogens with two attached hydrogens (primary N) is 1. The Labute approximate surface area is 168 Å². The molecule has 148 valence electrons. The molecule has 3 rings (SSSR count). The minimum Gasteiger partial charge on any atom is -0.477 e. The summed E-state index contributed by atoms with van der Waals surface area (Å²) in [6, 6.07) is -0.886. The van der Waals surface area contributed by atoms with Crippen LogP contribution in [0.3, 0.4) is 0 Å². The second kappa shape index (κ2) is 8.02. The highest BCUT2D eigenvalue weighted by Gasteiger charge is 2.54. The van der Waals surface area contributed by atoms with E-state index in [0.717, 1.165) is 11.3 Å². The number of amides is 2. The molecule has 3 heterocycles. The Bertz CT molecular complexity index is 896. The number of nitrogens with zero attached hydrogens (tertiary/aromatic N) is 3. The SMILES string of the molecule is C=CCO/N=C(/C(=O)NC1C(=O)N2C(C(=O)O)=CC(C)S[C@H]12)c1csc(N)n1. The van der Waals surface area contributed by atoms with Crippen molar-refractivity contribution in [1.82, 2.24) is 15.2 Å². The molecule has 1 fully saturated rings. The summed E-state index contributed by atoms with van der Waals surface area (Å²) in [6.07, 6.45) is 2.97. The summed E-state index contributed by atoms with van der Waals surface area (Å²) in [7, 11) is 0. The third-order valence-electron chi connectivity index (χ3n) is 3.88. The Morgan fingerprint density at radius 3 is 2.93 bits per heavy atom. The predicted molar refractivity (Wildman–Crippen MR) is 105 cm³/mol. The summed E-state index contributed by atoms with van der Waals surface area (Å²) in [5.41, 5.74) is 5.61. The fraction of sp³-hybridized carbons (Fsp3) is 0.312. The molecule has 2 unspecified atom stereocenters. The molecule has 2 aliphatic rings. The number of aromatic nitrogens is 1. The van der Waals surface area contributed by atoms with Crippen molar-refractivity contribution in [2.24, 2.45) is 5.16 Å². The number of thioether (sulfide) groups is 1. The molecule has 2 aliphatic heterocycles. The van der Waals surface area contributed by atoms with Crippen LogP contribution in [-0.4, -0.2) is 61.8 Å². The van der Waals surface area contributed by atoms with Crippen LogP contribution < -0.4 is 11.1 Å². The molecule has 0 radical (unpaired) electrons. The van der Waals surface area contributed by atoms with Crippen LogP contribution in [0.1, 0.15) is 12.6 Å². The average molecular weight is 423 g/mol. The predicted octanol–water partition coefficient (Wildman–Crippen LogP) is 0.389. The van der Waals surface area contributed by atoms with Crippen molar-refractivity contribution in [2.75, 3.05) is 12.3 Å². The largest absolute Gasteiger partial charge is 0.477 e. The summed E-state index contributed by atoms with van der Waals surface area (Å²) < 4.78 is 0. The van der Waals surface area contributed by atoms with Gasteiger partial charge in [0.2, 0.25) is 0 Å². The van der Waals surface area contributed by atoms with Crippen molar-refractivity contribution in [3.05, 3.63) is 35.5 Å². The van der Waals surface area contributed by atoms with Crippen molar-refractivity contribution in [3.8, 4) is 0 Å². The number of nitrogens with one attached hydrogen (secondary N) is 1. The molecule has 0 aromatic carbocycles. The van der Waals surface area contributed by atoms with E-state index in [-0.39, 0.29) is 34.1 Å². The number of fused-ring (bicyclic) bond motifs is 1. The van der Waals surface area contributed by atoms with E-state index in [9.17, 15) is 19.5 Å². The fourth-order valence-electron chi connectivity index (χ4n) is 2.69. The summed E-state index contributed by atoms with van der Waals surface area (Å²) in [4.78, 5) is 46.8. The van der Waals surface area contributed by atoms with Crippen LogP contribution in [0.15, 0.2) is 35.0 Å². The molecule has 1 saturated heterocycles. The van der Waals surface area contributed by atoms with Gasteiger partial charge in [-0.05, 0) is 13.0 Å². The highest BCUT2D eigenvalue weighted by molar-refractivity contribution is 8.00. The summed E-state index contributed by atoms with van der Waals surface area (Å²) in [6.45, 7) is 5.40. The third kappa shape index (κ3) is 3.73. The lowest BCUT2D eigenvalue weighted by Crippen LogP contribution is -2.71. The first-order valence-electron chi connectivity index (χ1n) is 8.10. The van der Waals surface area contributed by atoms with Gasteiger partial charge in [0.1, 0.15) is 29.4 Å². The number of aliphatic carboxylic acids is 1. The van der Waals surface area contributed by atoms with Gasteiger partial charge in [0, 0.05) is 10.6 Å². The first-order chi connectivity index (χ1) is 13.3. The van der Waals surface area contributed by atoms with E-state index < -0.39 is 29.2 Å². The van der Waals surface area contributed by atoms with Gasteiger partial charge in [-0.2, -0.15) is 0 Å². The zero-order chi connectivity index (χ0) is 20.4. The Morgan fingerprint density at radius 2 is 2.32 bits per heavy atom. The molecule has 3 atom stereocenters. The number of hydrogen-bond acceptors (Lipinski definition) is 9. The van der Waals surface area contributed by atoms with Crippen molar-refractivity contribution >= 4 is 51.7 Å². The molecule has 2 amide bonds. The topological polar surface area (TPSA) is 147 Å². The van der Waals surface area contributed by atoms with E-state index >= 15 is 0 Å². The Kier molecular flexibility index (Phi) is 5.70. The van der Waals surface area contributed by atoms with E-state index in [1.807, 2.05) is 6.92 Å². The smallest absolute Gasteiger partial charge is 0.352 e. The van der Waals surface area contributed by atoms with Crippen LogP contribution in [-0.2, 0) is 19.2 Å². The number of carboxylic acid groups (broad SMARTS) is 1. The van der Waals surface area contributed by atoms with E-state index in [1.54, 1.807) is 5.38 Å². The zero-order valence-corrected chi connectivity index (χ0v) is 16.3. The van der Waals surface area contributed by atoms with E-state index in [1.165, 1.54) is 28.8 Å². The summed E-state index contributed by atoms with van der Waals surface area (Å²) in [5, 5.41) is 16.8. The second-order valence-electron chi connectivity index (χ2n) is 5.84. The Morgan fingerprint density at radius 1 is 1.57 bits per heavy atom. The van der Waals surface area contributed by atoms with Crippen LogP contribution in [0.4, 0.5) is 5.13 Å². The molecule has 0 spiro atoms. The van der Waals surface area contributed by atoms with Gasteiger partial charge in [0.25, 0.3) is 11.8 Å². The molecule has 1 aromatic rings. The maximum Gasteiger partial charge on any atom is 0.352 e. The average Bonchev–Trinajstić information content (AvgIpc) is 3.08. The lowest BCUT2D eigenvalue weighted by Gasteiger charge is -2.49. The number of thiazole rings is 1. The quantitative estimate of drug-likeness (QED) is 0.188. The molecule has 10 nitrogen and oxygen atoms in total. The van der Waals surface area contributed by atoms with Crippen molar-refractivity contribution in [2.45, 2.75) is 23.6 Å². The first-order valence-corrected chi connectivity index (χ1v) is 9.92. The lowest BCUT2D eigenvalue weighted by atomic mass is 10.0. The number of β-lactam (4-membered cyclic amide) rings is 1. The molecule has 12 heteroatoms. The zero-order valence-electron chi connectivity index (χ0n) is 14.7. The highest BCUT2D eigenvalue weighted by atomic mass is 32.2. The normalized spacial score (nSPS) is 24.0. The van der Waals surface area contributed by atoms with Gasteiger partial charge in [0.15, 0.2) is 10.8 Å². The number of carbonyl (C=O) groups excluding carboxylic acids is 2. The van der Waals surface area contributed by atoms with Crippen LogP contribution in [0, 0.1) is 0 Å². The van der Waals surface area contributed by atoms with Crippen LogP contribution in [0.2, 0.25) is 0 Å². The maximum absolute atomic E-state index is 12.7.